The van der Waals surface area contributed by atoms with Crippen LogP contribution < -0.4 is 0 Å². The van der Waals surface area contributed by atoms with Gasteiger partial charge in [0.15, 0.2) is 5.78 Å². The predicted octanol–water partition coefficient (Wildman–Crippen LogP) is 2.86. The Morgan fingerprint density at radius 2 is 2.35 bits per heavy atom. The summed E-state index contributed by atoms with van der Waals surface area (Å²) in [6, 6.07) is 4.09. The molecule has 2 aromatic heterocycles. The summed E-state index contributed by atoms with van der Waals surface area (Å²) in [5, 5.41) is 6.34. The second kappa shape index (κ2) is 5.27. The molecule has 0 unspecified atom stereocenters. The number of carbonyl (C=O) groups is 1. The Labute approximate surface area is 105 Å². The standard InChI is InChI=1S/C13H16N2OS/c1-3-12-11(9-15(2)14-12)13(16)7-6-10-5-4-8-17-10/h4-5,8-9H,3,6-7H2,1-2H3. The van der Waals surface area contributed by atoms with Gasteiger partial charge in [0.25, 0.3) is 0 Å². The van der Waals surface area contributed by atoms with Crippen molar-refractivity contribution >= 4 is 17.1 Å². The van der Waals surface area contributed by atoms with E-state index in [1.54, 1.807) is 16.0 Å². The Kier molecular flexibility index (Phi) is 3.74. The zero-order chi connectivity index (χ0) is 12.3. The normalized spacial score (nSPS) is 10.7. The van der Waals surface area contributed by atoms with E-state index < -0.39 is 0 Å². The van der Waals surface area contributed by atoms with E-state index >= 15 is 0 Å². The predicted molar refractivity (Wildman–Crippen MR) is 69.6 cm³/mol. The number of hydrogen-bond acceptors (Lipinski definition) is 3. The molecule has 0 spiro atoms. The third-order valence-corrected chi connectivity index (χ3v) is 3.66. The highest BCUT2D eigenvalue weighted by atomic mass is 32.1. The van der Waals surface area contributed by atoms with Crippen LogP contribution >= 0.6 is 11.3 Å². The number of carbonyl (C=O) groups excluding carboxylic acids is 1. The van der Waals surface area contributed by atoms with Gasteiger partial charge in [-0.25, -0.2) is 0 Å². The quantitative estimate of drug-likeness (QED) is 0.763. The molecule has 4 heteroatoms. The average Bonchev–Trinajstić information content (AvgIpc) is 2.94. The van der Waals surface area contributed by atoms with Crippen LogP contribution in [0.3, 0.4) is 0 Å². The molecular formula is C13H16N2OS. The highest BCUT2D eigenvalue weighted by molar-refractivity contribution is 7.09. The van der Waals surface area contributed by atoms with Crippen LogP contribution in [0.2, 0.25) is 0 Å². The fourth-order valence-electron chi connectivity index (χ4n) is 1.85. The van der Waals surface area contributed by atoms with Crippen molar-refractivity contribution in [1.82, 2.24) is 9.78 Å². The lowest BCUT2D eigenvalue weighted by Gasteiger charge is -1.98. The average molecular weight is 248 g/mol. The Hall–Kier alpha value is -1.42. The SMILES string of the molecule is CCc1nn(C)cc1C(=O)CCc1cccs1. The molecule has 90 valence electrons. The molecule has 3 nitrogen and oxygen atoms in total. The lowest BCUT2D eigenvalue weighted by Crippen LogP contribution is -2.02. The third-order valence-electron chi connectivity index (χ3n) is 2.72. The summed E-state index contributed by atoms with van der Waals surface area (Å²) in [4.78, 5) is 13.3. The number of Topliss-reactive ketones (excluding diaryl/α,β-unsaturated/α-hetero) is 1. The van der Waals surface area contributed by atoms with Crippen molar-refractivity contribution in [3.63, 3.8) is 0 Å². The monoisotopic (exact) mass is 248 g/mol. The van der Waals surface area contributed by atoms with Crippen LogP contribution in [-0.4, -0.2) is 15.6 Å². The number of ketones is 1. The van der Waals surface area contributed by atoms with Gasteiger partial charge in [-0.1, -0.05) is 13.0 Å². The lowest BCUT2D eigenvalue weighted by atomic mass is 10.1. The summed E-state index contributed by atoms with van der Waals surface area (Å²) in [6.45, 7) is 2.03. The van der Waals surface area contributed by atoms with Crippen LogP contribution in [0.4, 0.5) is 0 Å². The number of nitrogens with zero attached hydrogens (tertiary/aromatic N) is 2. The van der Waals surface area contributed by atoms with Crippen molar-refractivity contribution in [1.29, 1.82) is 0 Å². The first kappa shape index (κ1) is 12.0. The Morgan fingerprint density at radius 1 is 1.53 bits per heavy atom. The van der Waals surface area contributed by atoms with Crippen LogP contribution in [0.15, 0.2) is 23.7 Å². The van der Waals surface area contributed by atoms with Crippen molar-refractivity contribution in [2.24, 2.45) is 7.05 Å². The van der Waals surface area contributed by atoms with E-state index in [4.69, 9.17) is 0 Å². The van der Waals surface area contributed by atoms with Crippen LogP contribution in [0.5, 0.6) is 0 Å². The summed E-state index contributed by atoms with van der Waals surface area (Å²) < 4.78 is 1.72. The van der Waals surface area contributed by atoms with Gasteiger partial charge in [-0.3, -0.25) is 9.48 Å². The van der Waals surface area contributed by atoms with Gasteiger partial charge in [0.05, 0.1) is 11.3 Å². The van der Waals surface area contributed by atoms with Crippen LogP contribution in [-0.2, 0) is 19.9 Å². The van der Waals surface area contributed by atoms with E-state index in [1.165, 1.54) is 4.88 Å². The maximum absolute atomic E-state index is 12.1. The largest absolute Gasteiger partial charge is 0.294 e. The van der Waals surface area contributed by atoms with Gasteiger partial charge in [0.1, 0.15) is 0 Å². The van der Waals surface area contributed by atoms with E-state index in [-0.39, 0.29) is 5.78 Å². The highest BCUT2D eigenvalue weighted by Crippen LogP contribution is 2.15. The van der Waals surface area contributed by atoms with Crippen LogP contribution in [0.1, 0.15) is 34.3 Å². The summed E-state index contributed by atoms with van der Waals surface area (Å²) in [5.41, 5.74) is 1.69. The molecule has 0 aliphatic rings. The second-order valence-corrected chi connectivity index (χ2v) is 5.05. The molecule has 0 aromatic carbocycles. The van der Waals surface area contributed by atoms with Crippen molar-refractivity contribution in [3.8, 4) is 0 Å². The van der Waals surface area contributed by atoms with Gasteiger partial charge in [-0.05, 0) is 24.3 Å². The summed E-state index contributed by atoms with van der Waals surface area (Å²) in [7, 11) is 1.86. The Bertz CT molecular complexity index is 499. The van der Waals surface area contributed by atoms with Crippen molar-refractivity contribution < 1.29 is 4.79 Å². The van der Waals surface area contributed by atoms with Gasteiger partial charge in [-0.15, -0.1) is 11.3 Å². The lowest BCUT2D eigenvalue weighted by molar-refractivity contribution is 0.0982. The molecule has 0 aliphatic heterocycles. The minimum atomic E-state index is 0.198. The summed E-state index contributed by atoms with van der Waals surface area (Å²) in [5.74, 6) is 0.198. The molecule has 0 atom stereocenters. The fourth-order valence-corrected chi connectivity index (χ4v) is 2.56. The number of hydrogen-bond donors (Lipinski definition) is 0. The first-order chi connectivity index (χ1) is 8.20. The van der Waals surface area contributed by atoms with Crippen molar-refractivity contribution in [2.75, 3.05) is 0 Å². The minimum absolute atomic E-state index is 0.198. The maximum Gasteiger partial charge on any atom is 0.166 e. The molecule has 0 aliphatic carbocycles. The smallest absolute Gasteiger partial charge is 0.166 e. The highest BCUT2D eigenvalue weighted by Gasteiger charge is 2.14. The van der Waals surface area contributed by atoms with E-state index in [0.29, 0.717) is 6.42 Å². The van der Waals surface area contributed by atoms with Crippen LogP contribution in [0, 0.1) is 0 Å². The number of aromatic nitrogens is 2. The zero-order valence-corrected chi connectivity index (χ0v) is 11.0. The molecule has 2 aromatic rings. The fraction of sp³-hybridized carbons (Fsp3) is 0.385. The number of aryl methyl sites for hydroxylation is 3. The summed E-state index contributed by atoms with van der Waals surface area (Å²) in [6.07, 6.45) is 4.03. The van der Waals surface area contributed by atoms with E-state index in [9.17, 15) is 4.79 Å². The van der Waals surface area contributed by atoms with E-state index in [0.717, 1.165) is 24.1 Å². The second-order valence-electron chi connectivity index (χ2n) is 4.02. The minimum Gasteiger partial charge on any atom is -0.294 e. The topological polar surface area (TPSA) is 34.9 Å². The number of thiophene rings is 1. The van der Waals surface area contributed by atoms with Gasteiger partial charge in [0, 0.05) is 24.5 Å². The first-order valence-corrected chi connectivity index (χ1v) is 6.66. The zero-order valence-electron chi connectivity index (χ0n) is 10.1. The number of rotatable bonds is 5. The molecule has 0 radical (unpaired) electrons. The molecule has 0 N–H and O–H groups in total. The third kappa shape index (κ3) is 2.82. The molecule has 17 heavy (non-hydrogen) atoms. The molecular weight excluding hydrogens is 232 g/mol. The van der Waals surface area contributed by atoms with Crippen molar-refractivity contribution in [3.05, 3.63) is 39.8 Å². The van der Waals surface area contributed by atoms with Gasteiger partial charge in [-0.2, -0.15) is 5.10 Å². The molecule has 0 saturated heterocycles. The maximum atomic E-state index is 12.1. The van der Waals surface area contributed by atoms with Crippen molar-refractivity contribution in [2.45, 2.75) is 26.2 Å². The van der Waals surface area contributed by atoms with Gasteiger partial charge < -0.3 is 0 Å². The van der Waals surface area contributed by atoms with Gasteiger partial charge >= 0.3 is 0 Å². The Morgan fingerprint density at radius 3 is 3.00 bits per heavy atom. The molecule has 0 bridgehead atoms. The molecule has 2 rings (SSSR count). The first-order valence-electron chi connectivity index (χ1n) is 5.78. The van der Waals surface area contributed by atoms with Crippen LogP contribution in [0.25, 0.3) is 0 Å². The van der Waals surface area contributed by atoms with Gasteiger partial charge in [0.2, 0.25) is 0 Å². The van der Waals surface area contributed by atoms with E-state index in [1.807, 2.05) is 31.6 Å². The van der Waals surface area contributed by atoms with E-state index in [2.05, 4.69) is 11.2 Å². The Balaban J connectivity index is 2.04. The molecule has 0 saturated carbocycles. The summed E-state index contributed by atoms with van der Waals surface area (Å²) >= 11 is 1.70. The molecule has 2 heterocycles. The molecule has 0 amide bonds. The molecule has 0 fully saturated rings.